The van der Waals surface area contributed by atoms with E-state index in [1.54, 1.807) is 12.3 Å². The molecule has 1 fully saturated rings. The number of halogens is 1. The summed E-state index contributed by atoms with van der Waals surface area (Å²) in [6, 6.07) is 15.6. The Morgan fingerprint density at radius 2 is 2.04 bits per heavy atom. The van der Waals surface area contributed by atoms with Crippen LogP contribution in [0.1, 0.15) is 35.6 Å². The number of piperidine rings is 1. The van der Waals surface area contributed by atoms with Crippen LogP contribution >= 0.6 is 0 Å². The zero-order valence-corrected chi connectivity index (χ0v) is 15.1. The maximum absolute atomic E-state index is 14.2. The van der Waals surface area contributed by atoms with Gasteiger partial charge in [0.2, 0.25) is 0 Å². The highest BCUT2D eigenvalue weighted by atomic mass is 19.1. The Hall–Kier alpha value is -2.46. The molecule has 3 nitrogen and oxygen atoms in total. The Kier molecular flexibility index (Phi) is 4.85. The molecule has 0 aliphatic carbocycles. The first-order valence-corrected chi connectivity index (χ1v) is 9.27. The van der Waals surface area contributed by atoms with Gasteiger partial charge >= 0.3 is 0 Å². The Morgan fingerprint density at radius 1 is 1.15 bits per heavy atom. The predicted octanol–water partition coefficient (Wildman–Crippen LogP) is 4.90. The molecule has 4 heteroatoms. The molecular weight excluding hydrogens is 325 g/mol. The Bertz CT molecular complexity index is 886. The lowest BCUT2D eigenvalue weighted by atomic mass is 9.90. The van der Waals surface area contributed by atoms with Crippen molar-refractivity contribution in [3.63, 3.8) is 0 Å². The van der Waals surface area contributed by atoms with Crippen LogP contribution in [0.25, 0.3) is 11.1 Å². The van der Waals surface area contributed by atoms with Crippen LogP contribution in [-0.4, -0.2) is 28.2 Å². The number of aryl methyl sites for hydroxylation is 1. The van der Waals surface area contributed by atoms with Gasteiger partial charge in [0.25, 0.3) is 0 Å². The number of H-pyrrole nitrogens is 1. The van der Waals surface area contributed by atoms with E-state index in [2.05, 4.69) is 46.3 Å². The Balaban J connectivity index is 1.54. The Morgan fingerprint density at radius 3 is 2.88 bits per heavy atom. The summed E-state index contributed by atoms with van der Waals surface area (Å²) >= 11 is 0. The lowest BCUT2D eigenvalue weighted by Crippen LogP contribution is -2.34. The molecular formula is C22H24FN3. The maximum atomic E-state index is 14.2. The summed E-state index contributed by atoms with van der Waals surface area (Å²) in [4.78, 5) is 2.49. The summed E-state index contributed by atoms with van der Waals surface area (Å²) in [5, 5.41) is 7.38. The highest BCUT2D eigenvalue weighted by Gasteiger charge is 2.25. The van der Waals surface area contributed by atoms with Gasteiger partial charge in [-0.05, 0) is 37.9 Å². The molecule has 1 unspecified atom stereocenters. The second-order valence-electron chi connectivity index (χ2n) is 7.24. The SMILES string of the molecule is Cc1cccc(CN2CCCC(c3[nH]ncc3-c3ccccc3F)C2)c1. The molecule has 26 heavy (non-hydrogen) atoms. The van der Waals surface area contributed by atoms with Crippen LogP contribution in [0.3, 0.4) is 0 Å². The molecule has 134 valence electrons. The zero-order valence-electron chi connectivity index (χ0n) is 15.1. The fourth-order valence-electron chi connectivity index (χ4n) is 4.01. The van der Waals surface area contributed by atoms with Crippen molar-refractivity contribution in [2.24, 2.45) is 0 Å². The first-order valence-electron chi connectivity index (χ1n) is 9.27. The third-order valence-corrected chi connectivity index (χ3v) is 5.24. The highest BCUT2D eigenvalue weighted by Crippen LogP contribution is 2.34. The van der Waals surface area contributed by atoms with Crippen molar-refractivity contribution in [2.75, 3.05) is 13.1 Å². The van der Waals surface area contributed by atoms with Crippen LogP contribution in [-0.2, 0) is 6.54 Å². The van der Waals surface area contributed by atoms with Crippen molar-refractivity contribution < 1.29 is 4.39 Å². The number of rotatable bonds is 4. The van der Waals surface area contributed by atoms with E-state index in [4.69, 9.17) is 0 Å². The maximum Gasteiger partial charge on any atom is 0.131 e. The molecule has 3 aromatic rings. The van der Waals surface area contributed by atoms with Crippen LogP contribution in [0.4, 0.5) is 4.39 Å². The van der Waals surface area contributed by atoms with Gasteiger partial charge in [0, 0.05) is 35.8 Å². The molecule has 4 rings (SSSR count). The molecule has 0 amide bonds. The molecule has 2 aromatic carbocycles. The molecule has 1 atom stereocenters. The first kappa shape index (κ1) is 17.0. The number of likely N-dealkylation sites (tertiary alicyclic amines) is 1. The van der Waals surface area contributed by atoms with Gasteiger partial charge in [-0.15, -0.1) is 0 Å². The number of hydrogen-bond donors (Lipinski definition) is 1. The molecule has 0 bridgehead atoms. The number of aromatic nitrogens is 2. The summed E-state index contributed by atoms with van der Waals surface area (Å²) in [5.41, 5.74) is 5.23. The first-order chi connectivity index (χ1) is 12.7. The lowest BCUT2D eigenvalue weighted by Gasteiger charge is -2.32. The van der Waals surface area contributed by atoms with Gasteiger partial charge in [-0.1, -0.05) is 48.0 Å². The standard InChI is InChI=1S/C22H24FN3/c1-16-6-4-7-17(12-16)14-26-11-5-8-18(15-26)22-20(13-24-25-22)19-9-2-3-10-21(19)23/h2-4,6-7,9-10,12-13,18H,5,8,11,14-15H2,1H3,(H,24,25). The van der Waals surface area contributed by atoms with Crippen LogP contribution < -0.4 is 0 Å². The average molecular weight is 349 g/mol. The van der Waals surface area contributed by atoms with Gasteiger partial charge in [-0.2, -0.15) is 5.10 Å². The minimum Gasteiger partial charge on any atom is -0.298 e. The molecule has 1 aliphatic rings. The highest BCUT2D eigenvalue weighted by molar-refractivity contribution is 5.66. The topological polar surface area (TPSA) is 31.9 Å². The zero-order chi connectivity index (χ0) is 17.9. The van der Waals surface area contributed by atoms with E-state index in [-0.39, 0.29) is 5.82 Å². The lowest BCUT2D eigenvalue weighted by molar-refractivity contribution is 0.198. The number of nitrogens with one attached hydrogen (secondary N) is 1. The Labute approximate surface area is 153 Å². The number of nitrogens with zero attached hydrogens (tertiary/aromatic N) is 2. The van der Waals surface area contributed by atoms with Crippen LogP contribution in [0.5, 0.6) is 0 Å². The van der Waals surface area contributed by atoms with E-state index in [1.807, 2.05) is 12.1 Å². The van der Waals surface area contributed by atoms with E-state index in [0.29, 0.717) is 11.5 Å². The van der Waals surface area contributed by atoms with Gasteiger partial charge in [0.1, 0.15) is 5.82 Å². The number of benzene rings is 2. The van der Waals surface area contributed by atoms with Gasteiger partial charge in [-0.25, -0.2) is 4.39 Å². The van der Waals surface area contributed by atoms with Gasteiger partial charge in [0.15, 0.2) is 0 Å². The summed E-state index contributed by atoms with van der Waals surface area (Å²) in [7, 11) is 0. The van der Waals surface area contributed by atoms with E-state index in [0.717, 1.165) is 43.7 Å². The summed E-state index contributed by atoms with van der Waals surface area (Å²) in [6.07, 6.45) is 4.01. The number of hydrogen-bond acceptors (Lipinski definition) is 2. The van der Waals surface area contributed by atoms with Crippen molar-refractivity contribution in [1.29, 1.82) is 0 Å². The van der Waals surface area contributed by atoms with Crippen molar-refractivity contribution in [3.05, 3.63) is 77.4 Å². The molecule has 1 aromatic heterocycles. The van der Waals surface area contributed by atoms with E-state index >= 15 is 0 Å². The van der Waals surface area contributed by atoms with Crippen LogP contribution in [0.15, 0.2) is 54.7 Å². The minimum atomic E-state index is -0.192. The third kappa shape index (κ3) is 3.56. The van der Waals surface area contributed by atoms with Gasteiger partial charge in [0.05, 0.1) is 6.20 Å². The minimum absolute atomic E-state index is 0.192. The molecule has 1 aliphatic heterocycles. The van der Waals surface area contributed by atoms with E-state index in [1.165, 1.54) is 17.2 Å². The van der Waals surface area contributed by atoms with Crippen LogP contribution in [0.2, 0.25) is 0 Å². The van der Waals surface area contributed by atoms with Crippen molar-refractivity contribution in [3.8, 4) is 11.1 Å². The van der Waals surface area contributed by atoms with E-state index in [9.17, 15) is 4.39 Å². The number of aromatic amines is 1. The van der Waals surface area contributed by atoms with Gasteiger partial charge < -0.3 is 0 Å². The molecule has 0 saturated carbocycles. The largest absolute Gasteiger partial charge is 0.298 e. The molecule has 0 radical (unpaired) electrons. The summed E-state index contributed by atoms with van der Waals surface area (Å²) in [6.45, 7) is 5.17. The summed E-state index contributed by atoms with van der Waals surface area (Å²) < 4.78 is 14.2. The molecule has 2 heterocycles. The average Bonchev–Trinajstić information content (AvgIpc) is 3.12. The van der Waals surface area contributed by atoms with Crippen molar-refractivity contribution >= 4 is 0 Å². The molecule has 1 N–H and O–H groups in total. The van der Waals surface area contributed by atoms with E-state index < -0.39 is 0 Å². The fourth-order valence-corrected chi connectivity index (χ4v) is 4.01. The second-order valence-corrected chi connectivity index (χ2v) is 7.24. The summed E-state index contributed by atoms with van der Waals surface area (Å²) in [5.74, 6) is 0.160. The quantitative estimate of drug-likeness (QED) is 0.726. The van der Waals surface area contributed by atoms with Crippen LogP contribution in [0, 0.1) is 12.7 Å². The normalized spacial score (nSPS) is 18.2. The fraction of sp³-hybridized carbons (Fsp3) is 0.318. The van der Waals surface area contributed by atoms with Crippen molar-refractivity contribution in [1.82, 2.24) is 15.1 Å². The predicted molar refractivity (Wildman–Crippen MR) is 102 cm³/mol. The van der Waals surface area contributed by atoms with Gasteiger partial charge in [-0.3, -0.25) is 10.00 Å². The smallest absolute Gasteiger partial charge is 0.131 e. The van der Waals surface area contributed by atoms with Crippen molar-refractivity contribution in [2.45, 2.75) is 32.2 Å². The monoisotopic (exact) mass is 349 g/mol. The third-order valence-electron chi connectivity index (χ3n) is 5.24. The molecule has 1 saturated heterocycles. The molecule has 0 spiro atoms. The second kappa shape index (κ2) is 7.42.